The Morgan fingerprint density at radius 2 is 1.65 bits per heavy atom. The number of hydrogen-bond acceptors (Lipinski definition) is 3. The SMILES string of the molecule is O=C(CC(CCc1ccccc1)n1cccn1)NC(=O)c1ccccc1. The number of nitrogens with one attached hydrogen (secondary N) is 1. The van der Waals surface area contributed by atoms with Crippen LogP contribution in [0.2, 0.25) is 0 Å². The van der Waals surface area contributed by atoms with Crippen molar-refractivity contribution in [3.8, 4) is 0 Å². The normalized spacial score (nSPS) is 11.7. The van der Waals surface area contributed by atoms with E-state index in [-0.39, 0.29) is 24.3 Å². The molecule has 0 saturated carbocycles. The first kappa shape index (κ1) is 17.6. The van der Waals surface area contributed by atoms with Crippen molar-refractivity contribution in [2.75, 3.05) is 0 Å². The van der Waals surface area contributed by atoms with Crippen LogP contribution in [0.15, 0.2) is 79.1 Å². The molecule has 5 heteroatoms. The van der Waals surface area contributed by atoms with Crippen LogP contribution in [0.25, 0.3) is 0 Å². The van der Waals surface area contributed by atoms with Crippen LogP contribution in [0.4, 0.5) is 0 Å². The molecule has 2 aromatic carbocycles. The number of rotatable bonds is 7. The van der Waals surface area contributed by atoms with Gasteiger partial charge >= 0.3 is 0 Å². The minimum Gasteiger partial charge on any atom is -0.292 e. The molecular formula is C21H21N3O2. The second kappa shape index (κ2) is 8.76. The maximum atomic E-state index is 12.4. The fourth-order valence-corrected chi connectivity index (χ4v) is 2.86. The van der Waals surface area contributed by atoms with Gasteiger partial charge in [0.2, 0.25) is 5.91 Å². The zero-order chi connectivity index (χ0) is 18.2. The van der Waals surface area contributed by atoms with Gasteiger partial charge in [-0.05, 0) is 36.6 Å². The number of carbonyl (C=O) groups excluding carboxylic acids is 2. The molecule has 1 heterocycles. The quantitative estimate of drug-likeness (QED) is 0.712. The lowest BCUT2D eigenvalue weighted by molar-refractivity contribution is -0.121. The highest BCUT2D eigenvalue weighted by Crippen LogP contribution is 2.18. The molecule has 0 radical (unpaired) electrons. The summed E-state index contributed by atoms with van der Waals surface area (Å²) in [4.78, 5) is 24.5. The molecule has 0 bridgehead atoms. The van der Waals surface area contributed by atoms with Gasteiger partial charge in [0.05, 0.1) is 6.04 Å². The van der Waals surface area contributed by atoms with Crippen molar-refractivity contribution in [3.63, 3.8) is 0 Å². The molecule has 0 spiro atoms. The topological polar surface area (TPSA) is 64.0 Å². The Morgan fingerprint density at radius 3 is 2.31 bits per heavy atom. The van der Waals surface area contributed by atoms with Gasteiger partial charge in [-0.2, -0.15) is 5.10 Å². The minimum absolute atomic E-state index is 0.103. The number of nitrogens with zero attached hydrogens (tertiary/aromatic N) is 2. The molecule has 3 rings (SSSR count). The molecule has 0 fully saturated rings. The Balaban J connectivity index is 1.62. The van der Waals surface area contributed by atoms with Gasteiger partial charge in [-0.1, -0.05) is 48.5 Å². The molecule has 1 unspecified atom stereocenters. The Morgan fingerprint density at radius 1 is 0.962 bits per heavy atom. The summed E-state index contributed by atoms with van der Waals surface area (Å²) in [7, 11) is 0. The van der Waals surface area contributed by atoms with E-state index in [0.29, 0.717) is 5.56 Å². The number of benzene rings is 2. The average molecular weight is 347 g/mol. The van der Waals surface area contributed by atoms with E-state index in [1.807, 2.05) is 36.5 Å². The zero-order valence-corrected chi connectivity index (χ0v) is 14.4. The van der Waals surface area contributed by atoms with Gasteiger partial charge < -0.3 is 0 Å². The van der Waals surface area contributed by atoms with Crippen molar-refractivity contribution in [1.82, 2.24) is 15.1 Å². The van der Waals surface area contributed by atoms with Crippen molar-refractivity contribution >= 4 is 11.8 Å². The van der Waals surface area contributed by atoms with Crippen LogP contribution in [0.5, 0.6) is 0 Å². The molecular weight excluding hydrogens is 326 g/mol. The van der Waals surface area contributed by atoms with E-state index in [0.717, 1.165) is 12.8 Å². The van der Waals surface area contributed by atoms with Gasteiger partial charge in [-0.15, -0.1) is 0 Å². The smallest absolute Gasteiger partial charge is 0.257 e. The van der Waals surface area contributed by atoms with Crippen molar-refractivity contribution in [3.05, 3.63) is 90.3 Å². The summed E-state index contributed by atoms with van der Waals surface area (Å²) in [5.74, 6) is -0.676. The first-order valence-electron chi connectivity index (χ1n) is 8.64. The van der Waals surface area contributed by atoms with Crippen LogP contribution in [0, 0.1) is 0 Å². The molecule has 1 atom stereocenters. The molecule has 5 nitrogen and oxygen atoms in total. The minimum atomic E-state index is -0.377. The molecule has 1 aromatic heterocycles. The lowest BCUT2D eigenvalue weighted by Crippen LogP contribution is -2.32. The molecule has 0 aliphatic rings. The Labute approximate surface area is 152 Å². The molecule has 1 N–H and O–H groups in total. The Bertz CT molecular complexity index is 830. The number of aromatic nitrogens is 2. The van der Waals surface area contributed by atoms with Gasteiger partial charge in [0.1, 0.15) is 0 Å². The van der Waals surface area contributed by atoms with E-state index in [2.05, 4.69) is 22.5 Å². The van der Waals surface area contributed by atoms with Gasteiger partial charge in [0.15, 0.2) is 0 Å². The van der Waals surface area contributed by atoms with E-state index >= 15 is 0 Å². The van der Waals surface area contributed by atoms with Gasteiger partial charge in [-0.3, -0.25) is 19.6 Å². The number of imide groups is 1. The third kappa shape index (κ3) is 4.89. The molecule has 0 saturated heterocycles. The number of hydrogen-bond donors (Lipinski definition) is 1. The second-order valence-corrected chi connectivity index (χ2v) is 6.11. The molecule has 132 valence electrons. The van der Waals surface area contributed by atoms with Crippen LogP contribution >= 0.6 is 0 Å². The predicted molar refractivity (Wildman–Crippen MR) is 99.6 cm³/mol. The van der Waals surface area contributed by atoms with Crippen LogP contribution in [-0.2, 0) is 11.2 Å². The largest absolute Gasteiger partial charge is 0.292 e. The first-order valence-corrected chi connectivity index (χ1v) is 8.64. The average Bonchev–Trinajstić information content (AvgIpc) is 3.21. The number of amides is 2. The van der Waals surface area contributed by atoms with Crippen LogP contribution in [0.1, 0.15) is 34.8 Å². The van der Waals surface area contributed by atoms with Crippen LogP contribution in [-0.4, -0.2) is 21.6 Å². The summed E-state index contributed by atoms with van der Waals surface area (Å²) < 4.78 is 1.79. The fraction of sp³-hybridized carbons (Fsp3) is 0.190. The summed E-state index contributed by atoms with van der Waals surface area (Å²) in [6.45, 7) is 0. The van der Waals surface area contributed by atoms with Gasteiger partial charge in [0.25, 0.3) is 5.91 Å². The molecule has 26 heavy (non-hydrogen) atoms. The number of carbonyl (C=O) groups is 2. The van der Waals surface area contributed by atoms with E-state index in [4.69, 9.17) is 0 Å². The third-order valence-corrected chi connectivity index (χ3v) is 4.22. The molecule has 0 aliphatic heterocycles. The standard InChI is InChI=1S/C21H21N3O2/c25-20(23-21(26)18-10-5-2-6-11-18)16-19(24-15-7-14-22-24)13-12-17-8-3-1-4-9-17/h1-11,14-15,19H,12-13,16H2,(H,23,25,26). The lowest BCUT2D eigenvalue weighted by atomic mass is 10.0. The van der Waals surface area contributed by atoms with E-state index in [9.17, 15) is 9.59 Å². The van der Waals surface area contributed by atoms with Crippen LogP contribution in [0.3, 0.4) is 0 Å². The van der Waals surface area contributed by atoms with Crippen molar-refractivity contribution < 1.29 is 9.59 Å². The summed E-state index contributed by atoms with van der Waals surface area (Å²) in [5, 5.41) is 6.74. The highest BCUT2D eigenvalue weighted by atomic mass is 16.2. The third-order valence-electron chi connectivity index (χ3n) is 4.22. The zero-order valence-electron chi connectivity index (χ0n) is 14.4. The fourth-order valence-electron chi connectivity index (χ4n) is 2.86. The van der Waals surface area contributed by atoms with Crippen molar-refractivity contribution in [2.45, 2.75) is 25.3 Å². The van der Waals surface area contributed by atoms with Crippen molar-refractivity contribution in [1.29, 1.82) is 0 Å². The Kier molecular flexibility index (Phi) is 5.93. The second-order valence-electron chi connectivity index (χ2n) is 6.11. The maximum Gasteiger partial charge on any atom is 0.257 e. The predicted octanol–water partition coefficient (Wildman–Crippen LogP) is 3.40. The van der Waals surface area contributed by atoms with E-state index in [1.165, 1.54) is 5.56 Å². The van der Waals surface area contributed by atoms with Gasteiger partial charge in [-0.25, -0.2) is 0 Å². The van der Waals surface area contributed by atoms with Crippen LogP contribution < -0.4 is 5.32 Å². The molecule has 0 aliphatic carbocycles. The lowest BCUT2D eigenvalue weighted by Gasteiger charge is -2.17. The van der Waals surface area contributed by atoms with Crippen molar-refractivity contribution in [2.24, 2.45) is 0 Å². The molecule has 2 amide bonds. The van der Waals surface area contributed by atoms with E-state index < -0.39 is 0 Å². The maximum absolute atomic E-state index is 12.4. The highest BCUT2D eigenvalue weighted by molar-refractivity contribution is 6.04. The highest BCUT2D eigenvalue weighted by Gasteiger charge is 2.18. The first-order chi connectivity index (χ1) is 12.7. The summed E-state index contributed by atoms with van der Waals surface area (Å²) in [6.07, 6.45) is 5.35. The number of aryl methyl sites for hydroxylation is 1. The Hall–Kier alpha value is -3.21. The van der Waals surface area contributed by atoms with E-state index in [1.54, 1.807) is 35.1 Å². The summed E-state index contributed by atoms with van der Waals surface area (Å²) in [5.41, 5.74) is 1.69. The summed E-state index contributed by atoms with van der Waals surface area (Å²) in [6, 6.07) is 20.6. The van der Waals surface area contributed by atoms with Gasteiger partial charge in [0, 0.05) is 24.4 Å². The molecule has 3 aromatic rings. The monoisotopic (exact) mass is 347 g/mol. The summed E-state index contributed by atoms with van der Waals surface area (Å²) >= 11 is 0.